The van der Waals surface area contributed by atoms with Crippen molar-refractivity contribution >= 4 is 51.4 Å². The number of urea groups is 1. The van der Waals surface area contributed by atoms with E-state index in [0.29, 0.717) is 33.0 Å². The average Bonchev–Trinajstić information content (AvgIpc) is 3.11. The molecule has 0 aliphatic heterocycles. The number of rotatable bonds is 6. The van der Waals surface area contributed by atoms with Gasteiger partial charge in [-0.2, -0.15) is 0 Å². The molecule has 3 amide bonds. The fourth-order valence-corrected chi connectivity index (χ4v) is 3.33. The first-order valence-electron chi connectivity index (χ1n) is 8.65. The van der Waals surface area contributed by atoms with Gasteiger partial charge in [-0.05, 0) is 48.9 Å². The number of hydrogen-bond acceptors (Lipinski definition) is 5. The standard InChI is InChI=1S/C20H19ClN4O3S/c1-12-3-8-16(17(9-12)28-2)24-18(26)10-15-11-29-20(23-15)25-19(27)22-14-6-4-13(21)5-7-14/h3-9,11H,10H2,1-2H3,(H,24,26)(H2,22,23,25,27). The Hall–Kier alpha value is -3.10. The van der Waals surface area contributed by atoms with E-state index >= 15 is 0 Å². The highest BCUT2D eigenvalue weighted by Crippen LogP contribution is 2.25. The first-order chi connectivity index (χ1) is 13.9. The Kier molecular flexibility index (Phi) is 6.69. The molecule has 0 fully saturated rings. The van der Waals surface area contributed by atoms with Gasteiger partial charge in [-0.25, -0.2) is 9.78 Å². The summed E-state index contributed by atoms with van der Waals surface area (Å²) < 4.78 is 5.29. The Labute approximate surface area is 177 Å². The number of aryl methyl sites for hydroxylation is 1. The Morgan fingerprint density at radius 1 is 1.10 bits per heavy atom. The van der Waals surface area contributed by atoms with Gasteiger partial charge in [0.1, 0.15) is 5.75 Å². The molecule has 0 saturated heterocycles. The van der Waals surface area contributed by atoms with Crippen molar-refractivity contribution in [2.24, 2.45) is 0 Å². The number of halogens is 1. The fraction of sp³-hybridized carbons (Fsp3) is 0.150. The van der Waals surface area contributed by atoms with Crippen molar-refractivity contribution in [3.8, 4) is 5.75 Å². The molecule has 3 aromatic rings. The van der Waals surface area contributed by atoms with Crippen molar-refractivity contribution in [1.29, 1.82) is 0 Å². The van der Waals surface area contributed by atoms with Crippen LogP contribution in [0.1, 0.15) is 11.3 Å². The van der Waals surface area contributed by atoms with Gasteiger partial charge in [0.2, 0.25) is 5.91 Å². The molecule has 2 aromatic carbocycles. The van der Waals surface area contributed by atoms with Crippen LogP contribution >= 0.6 is 22.9 Å². The molecule has 3 rings (SSSR count). The number of nitrogens with one attached hydrogen (secondary N) is 3. The lowest BCUT2D eigenvalue weighted by atomic mass is 10.2. The van der Waals surface area contributed by atoms with Crippen LogP contribution in [0.4, 0.5) is 21.3 Å². The largest absolute Gasteiger partial charge is 0.495 e. The molecule has 0 radical (unpaired) electrons. The molecule has 9 heteroatoms. The highest BCUT2D eigenvalue weighted by atomic mass is 35.5. The minimum atomic E-state index is -0.429. The molecule has 0 unspecified atom stereocenters. The molecular formula is C20H19ClN4O3S. The third kappa shape index (κ3) is 5.94. The van der Waals surface area contributed by atoms with Crippen LogP contribution < -0.4 is 20.7 Å². The van der Waals surface area contributed by atoms with E-state index in [4.69, 9.17) is 16.3 Å². The lowest BCUT2D eigenvalue weighted by Gasteiger charge is -2.10. The maximum atomic E-state index is 12.3. The predicted octanol–water partition coefficient (Wildman–Crippen LogP) is 4.94. The highest BCUT2D eigenvalue weighted by molar-refractivity contribution is 7.14. The summed E-state index contributed by atoms with van der Waals surface area (Å²) in [6.45, 7) is 1.95. The van der Waals surface area contributed by atoms with Gasteiger partial charge in [-0.3, -0.25) is 10.1 Å². The summed E-state index contributed by atoms with van der Waals surface area (Å²) >= 11 is 7.06. The molecule has 1 heterocycles. The zero-order chi connectivity index (χ0) is 20.8. The number of ether oxygens (including phenoxy) is 1. The van der Waals surface area contributed by atoms with Crippen molar-refractivity contribution < 1.29 is 14.3 Å². The number of carbonyl (C=O) groups is 2. The van der Waals surface area contributed by atoms with Crippen molar-refractivity contribution in [3.05, 3.63) is 64.1 Å². The summed E-state index contributed by atoms with van der Waals surface area (Å²) in [7, 11) is 1.55. The van der Waals surface area contributed by atoms with E-state index in [2.05, 4.69) is 20.9 Å². The van der Waals surface area contributed by atoms with Crippen molar-refractivity contribution in [1.82, 2.24) is 4.98 Å². The van der Waals surface area contributed by atoms with Crippen molar-refractivity contribution in [2.75, 3.05) is 23.1 Å². The minimum absolute atomic E-state index is 0.0774. The van der Waals surface area contributed by atoms with E-state index in [1.165, 1.54) is 11.3 Å². The molecule has 0 bridgehead atoms. The fourth-order valence-electron chi connectivity index (χ4n) is 2.50. The van der Waals surface area contributed by atoms with Gasteiger partial charge in [0, 0.05) is 16.1 Å². The van der Waals surface area contributed by atoms with Crippen LogP contribution in [0.2, 0.25) is 5.02 Å². The number of methoxy groups -OCH3 is 1. The summed E-state index contributed by atoms with van der Waals surface area (Å²) in [5, 5.41) is 10.8. The second-order valence-corrected chi connectivity index (χ2v) is 7.45. The van der Waals surface area contributed by atoms with Crippen LogP contribution in [0.15, 0.2) is 47.8 Å². The number of aromatic nitrogens is 1. The van der Waals surface area contributed by atoms with Crippen LogP contribution in [0.5, 0.6) is 5.75 Å². The van der Waals surface area contributed by atoms with E-state index < -0.39 is 6.03 Å². The van der Waals surface area contributed by atoms with E-state index in [1.807, 2.05) is 19.1 Å². The predicted molar refractivity (Wildman–Crippen MR) is 116 cm³/mol. The Morgan fingerprint density at radius 2 is 1.86 bits per heavy atom. The monoisotopic (exact) mass is 430 g/mol. The van der Waals surface area contributed by atoms with Crippen LogP contribution in [0.3, 0.4) is 0 Å². The maximum Gasteiger partial charge on any atom is 0.325 e. The van der Waals surface area contributed by atoms with Gasteiger partial charge < -0.3 is 15.4 Å². The second kappa shape index (κ2) is 9.40. The summed E-state index contributed by atoms with van der Waals surface area (Å²) in [4.78, 5) is 28.7. The Bertz CT molecular complexity index is 1020. The van der Waals surface area contributed by atoms with E-state index in [1.54, 1.807) is 42.8 Å². The van der Waals surface area contributed by atoms with Crippen LogP contribution in [-0.2, 0) is 11.2 Å². The first-order valence-corrected chi connectivity index (χ1v) is 9.91. The SMILES string of the molecule is COc1cc(C)ccc1NC(=O)Cc1csc(NC(=O)Nc2ccc(Cl)cc2)n1. The molecule has 29 heavy (non-hydrogen) atoms. The molecule has 3 N–H and O–H groups in total. The van der Waals surface area contributed by atoms with E-state index in [-0.39, 0.29) is 12.3 Å². The van der Waals surface area contributed by atoms with Gasteiger partial charge in [0.15, 0.2) is 5.13 Å². The van der Waals surface area contributed by atoms with Gasteiger partial charge >= 0.3 is 6.03 Å². The lowest BCUT2D eigenvalue weighted by Crippen LogP contribution is -2.19. The zero-order valence-electron chi connectivity index (χ0n) is 15.8. The molecular weight excluding hydrogens is 412 g/mol. The average molecular weight is 431 g/mol. The van der Waals surface area contributed by atoms with E-state index in [0.717, 1.165) is 5.56 Å². The summed E-state index contributed by atoms with van der Waals surface area (Å²) in [6.07, 6.45) is 0.0774. The summed E-state index contributed by atoms with van der Waals surface area (Å²) in [6, 6.07) is 11.9. The maximum absolute atomic E-state index is 12.3. The molecule has 150 valence electrons. The summed E-state index contributed by atoms with van der Waals surface area (Å²) in [5.74, 6) is 0.368. The molecule has 0 aliphatic carbocycles. The molecule has 0 aliphatic rings. The number of hydrogen-bond donors (Lipinski definition) is 3. The third-order valence-corrected chi connectivity index (χ3v) is 4.91. The van der Waals surface area contributed by atoms with Gasteiger partial charge in [0.05, 0.1) is 24.9 Å². The smallest absolute Gasteiger partial charge is 0.325 e. The Morgan fingerprint density at radius 3 is 2.59 bits per heavy atom. The first kappa shape index (κ1) is 20.6. The molecule has 0 spiro atoms. The number of nitrogens with zero attached hydrogens (tertiary/aromatic N) is 1. The van der Waals surface area contributed by atoms with Gasteiger partial charge in [-0.15, -0.1) is 11.3 Å². The minimum Gasteiger partial charge on any atom is -0.495 e. The normalized spacial score (nSPS) is 10.3. The highest BCUT2D eigenvalue weighted by Gasteiger charge is 2.12. The van der Waals surface area contributed by atoms with Crippen LogP contribution in [0, 0.1) is 6.92 Å². The number of anilines is 3. The van der Waals surface area contributed by atoms with Crippen molar-refractivity contribution in [3.63, 3.8) is 0 Å². The van der Waals surface area contributed by atoms with Crippen LogP contribution in [0.25, 0.3) is 0 Å². The molecule has 0 saturated carbocycles. The zero-order valence-corrected chi connectivity index (χ0v) is 17.4. The third-order valence-electron chi connectivity index (χ3n) is 3.85. The topological polar surface area (TPSA) is 92.4 Å². The molecule has 0 atom stereocenters. The van der Waals surface area contributed by atoms with Gasteiger partial charge in [-0.1, -0.05) is 17.7 Å². The Balaban J connectivity index is 1.55. The number of benzene rings is 2. The lowest BCUT2D eigenvalue weighted by molar-refractivity contribution is -0.115. The van der Waals surface area contributed by atoms with Crippen molar-refractivity contribution in [2.45, 2.75) is 13.3 Å². The molecule has 7 nitrogen and oxygen atoms in total. The number of thiazole rings is 1. The van der Waals surface area contributed by atoms with Gasteiger partial charge in [0.25, 0.3) is 0 Å². The number of amides is 3. The van der Waals surface area contributed by atoms with Crippen LogP contribution in [-0.4, -0.2) is 24.0 Å². The quantitative estimate of drug-likeness (QED) is 0.516. The molecule has 1 aromatic heterocycles. The summed E-state index contributed by atoms with van der Waals surface area (Å²) in [5.41, 5.74) is 2.79. The second-order valence-electron chi connectivity index (χ2n) is 6.16. The van der Waals surface area contributed by atoms with E-state index in [9.17, 15) is 9.59 Å². The number of carbonyl (C=O) groups excluding carboxylic acids is 2.